The molecule has 1 aromatic carbocycles. The maximum atomic E-state index is 12.3. The van der Waals surface area contributed by atoms with Crippen molar-refractivity contribution in [3.8, 4) is 0 Å². The molecule has 108 valence electrons. The van der Waals surface area contributed by atoms with Crippen molar-refractivity contribution in [2.24, 2.45) is 0 Å². The Bertz CT molecular complexity index is 698. The third kappa shape index (κ3) is 4.05. The zero-order valence-corrected chi connectivity index (χ0v) is 14.1. The van der Waals surface area contributed by atoms with Gasteiger partial charge in [0.15, 0.2) is 0 Å². The van der Waals surface area contributed by atoms with Gasteiger partial charge in [-0.15, -0.1) is 11.3 Å². The van der Waals surface area contributed by atoms with Gasteiger partial charge in [-0.25, -0.2) is 12.7 Å². The third-order valence-electron chi connectivity index (χ3n) is 2.80. The Morgan fingerprint density at radius 2 is 2.05 bits per heavy atom. The van der Waals surface area contributed by atoms with Gasteiger partial charge in [-0.2, -0.15) is 0 Å². The Labute approximate surface area is 131 Å². The van der Waals surface area contributed by atoms with Gasteiger partial charge in [0, 0.05) is 19.3 Å². The Morgan fingerprint density at radius 3 is 2.65 bits per heavy atom. The number of hydrogen-bond donors (Lipinski definition) is 1. The molecule has 0 saturated heterocycles. The van der Waals surface area contributed by atoms with E-state index in [2.05, 4.69) is 15.9 Å². The van der Waals surface area contributed by atoms with Crippen molar-refractivity contribution in [3.05, 3.63) is 50.6 Å². The fourth-order valence-electron chi connectivity index (χ4n) is 1.79. The minimum Gasteiger partial charge on any atom is -0.399 e. The summed E-state index contributed by atoms with van der Waals surface area (Å²) in [5, 5.41) is 1.94. The lowest BCUT2D eigenvalue weighted by molar-refractivity contribution is 0.466. The largest absolute Gasteiger partial charge is 0.399 e. The predicted octanol–water partition coefficient (Wildman–Crippen LogP) is 3.05. The van der Waals surface area contributed by atoms with Gasteiger partial charge in [0.25, 0.3) is 0 Å². The van der Waals surface area contributed by atoms with E-state index in [9.17, 15) is 8.42 Å². The second kappa shape index (κ2) is 6.26. The van der Waals surface area contributed by atoms with Crippen molar-refractivity contribution in [3.63, 3.8) is 0 Å². The quantitative estimate of drug-likeness (QED) is 0.817. The molecule has 0 bridgehead atoms. The van der Waals surface area contributed by atoms with Crippen LogP contribution in [0.1, 0.15) is 11.1 Å². The van der Waals surface area contributed by atoms with E-state index in [1.165, 1.54) is 4.31 Å². The highest BCUT2D eigenvalue weighted by atomic mass is 79.9. The van der Waals surface area contributed by atoms with E-state index < -0.39 is 10.0 Å². The van der Waals surface area contributed by atoms with Crippen LogP contribution >= 0.6 is 27.3 Å². The normalized spacial score (nSPS) is 11.9. The summed E-state index contributed by atoms with van der Waals surface area (Å²) in [6.07, 6.45) is 0. The Kier molecular flexibility index (Phi) is 4.85. The molecular weight excluding hydrogens is 360 g/mol. The van der Waals surface area contributed by atoms with Crippen molar-refractivity contribution in [2.45, 2.75) is 12.3 Å². The highest BCUT2D eigenvalue weighted by Crippen LogP contribution is 2.22. The van der Waals surface area contributed by atoms with Crippen LogP contribution in [0, 0.1) is 0 Å². The lowest BCUT2D eigenvalue weighted by Crippen LogP contribution is -2.27. The molecule has 0 atom stereocenters. The van der Waals surface area contributed by atoms with E-state index in [0.29, 0.717) is 17.8 Å². The first-order chi connectivity index (χ1) is 9.37. The van der Waals surface area contributed by atoms with E-state index in [4.69, 9.17) is 5.73 Å². The first kappa shape index (κ1) is 15.5. The maximum Gasteiger partial charge on any atom is 0.218 e. The van der Waals surface area contributed by atoms with Crippen LogP contribution in [-0.4, -0.2) is 19.8 Å². The van der Waals surface area contributed by atoms with Gasteiger partial charge in [-0.3, -0.25) is 0 Å². The smallest absolute Gasteiger partial charge is 0.218 e. The van der Waals surface area contributed by atoms with E-state index in [-0.39, 0.29) is 5.75 Å². The van der Waals surface area contributed by atoms with Crippen LogP contribution in [0.2, 0.25) is 0 Å². The van der Waals surface area contributed by atoms with Crippen LogP contribution in [0.4, 0.5) is 5.69 Å². The molecule has 0 aliphatic carbocycles. The van der Waals surface area contributed by atoms with Crippen molar-refractivity contribution in [2.75, 3.05) is 12.8 Å². The standard InChI is InChI=1S/C13H15BrN2O2S2/c1-16(7-11-6-13(14)19-8-11)20(17,18)9-10-3-2-4-12(15)5-10/h2-6,8H,7,9,15H2,1H3. The number of rotatable bonds is 5. The molecule has 0 aliphatic rings. The summed E-state index contributed by atoms with van der Waals surface area (Å²) in [5.74, 6) is -0.0418. The first-order valence-corrected chi connectivity index (χ1v) is 9.16. The summed E-state index contributed by atoms with van der Waals surface area (Å²) in [4.78, 5) is 0. The molecule has 20 heavy (non-hydrogen) atoms. The van der Waals surface area contributed by atoms with Crippen LogP contribution in [0.15, 0.2) is 39.5 Å². The number of nitrogens with two attached hydrogens (primary N) is 1. The number of sulfonamides is 1. The van der Waals surface area contributed by atoms with E-state index in [0.717, 1.165) is 9.35 Å². The molecule has 2 aromatic rings. The van der Waals surface area contributed by atoms with Gasteiger partial charge in [0.05, 0.1) is 9.54 Å². The van der Waals surface area contributed by atoms with Crippen LogP contribution in [-0.2, 0) is 22.3 Å². The van der Waals surface area contributed by atoms with Gasteiger partial charge in [0.2, 0.25) is 10.0 Å². The molecule has 1 heterocycles. The monoisotopic (exact) mass is 374 g/mol. The predicted molar refractivity (Wildman–Crippen MR) is 87.0 cm³/mol. The van der Waals surface area contributed by atoms with Gasteiger partial charge in [0.1, 0.15) is 0 Å². The van der Waals surface area contributed by atoms with Crippen LogP contribution < -0.4 is 5.73 Å². The average molecular weight is 375 g/mol. The number of halogens is 1. The van der Waals surface area contributed by atoms with Gasteiger partial charge < -0.3 is 5.73 Å². The van der Waals surface area contributed by atoms with E-state index in [1.54, 1.807) is 42.6 Å². The summed E-state index contributed by atoms with van der Waals surface area (Å²) >= 11 is 4.91. The SMILES string of the molecule is CN(Cc1csc(Br)c1)S(=O)(=O)Cc1cccc(N)c1. The minimum absolute atomic E-state index is 0.0418. The fraction of sp³-hybridized carbons (Fsp3) is 0.231. The van der Waals surface area contributed by atoms with Gasteiger partial charge in [-0.05, 0) is 50.6 Å². The topological polar surface area (TPSA) is 63.4 Å². The molecule has 0 radical (unpaired) electrons. The van der Waals surface area contributed by atoms with Crippen LogP contribution in [0.25, 0.3) is 0 Å². The molecule has 0 saturated carbocycles. The Hall–Kier alpha value is -0.890. The Morgan fingerprint density at radius 1 is 1.30 bits per heavy atom. The van der Waals surface area contributed by atoms with Gasteiger partial charge in [-0.1, -0.05) is 12.1 Å². The molecule has 7 heteroatoms. The average Bonchev–Trinajstić information content (AvgIpc) is 2.74. The van der Waals surface area contributed by atoms with Crippen LogP contribution in [0.3, 0.4) is 0 Å². The minimum atomic E-state index is -3.35. The highest BCUT2D eigenvalue weighted by Gasteiger charge is 2.19. The molecule has 0 fully saturated rings. The lowest BCUT2D eigenvalue weighted by Gasteiger charge is -2.16. The molecule has 4 nitrogen and oxygen atoms in total. The van der Waals surface area contributed by atoms with Gasteiger partial charge >= 0.3 is 0 Å². The van der Waals surface area contributed by atoms with Crippen molar-refractivity contribution in [1.82, 2.24) is 4.31 Å². The molecule has 0 unspecified atom stereocenters. The first-order valence-electron chi connectivity index (χ1n) is 5.88. The van der Waals surface area contributed by atoms with Crippen molar-refractivity contribution in [1.29, 1.82) is 0 Å². The molecule has 0 aliphatic heterocycles. The number of benzene rings is 1. The summed E-state index contributed by atoms with van der Waals surface area (Å²) in [5.41, 5.74) is 7.91. The zero-order chi connectivity index (χ0) is 14.8. The number of nitrogen functional groups attached to an aromatic ring is 1. The zero-order valence-electron chi connectivity index (χ0n) is 10.9. The fourth-order valence-corrected chi connectivity index (χ4v) is 4.16. The molecule has 1 aromatic heterocycles. The summed E-state index contributed by atoms with van der Waals surface area (Å²) < 4.78 is 27.0. The lowest BCUT2D eigenvalue weighted by atomic mass is 10.2. The van der Waals surface area contributed by atoms with E-state index in [1.807, 2.05) is 11.4 Å². The van der Waals surface area contributed by atoms with E-state index >= 15 is 0 Å². The summed E-state index contributed by atoms with van der Waals surface area (Å²) in [6, 6.07) is 8.88. The molecular formula is C13H15BrN2O2S2. The second-order valence-electron chi connectivity index (χ2n) is 4.52. The molecule has 2 rings (SSSR count). The second-order valence-corrected chi connectivity index (χ2v) is 8.88. The maximum absolute atomic E-state index is 12.3. The van der Waals surface area contributed by atoms with Crippen molar-refractivity contribution < 1.29 is 8.42 Å². The number of hydrogen-bond acceptors (Lipinski definition) is 4. The summed E-state index contributed by atoms with van der Waals surface area (Å²) in [6.45, 7) is 0.368. The van der Waals surface area contributed by atoms with Crippen LogP contribution in [0.5, 0.6) is 0 Å². The highest BCUT2D eigenvalue weighted by molar-refractivity contribution is 9.11. The molecule has 0 spiro atoms. The van der Waals surface area contributed by atoms with Crippen molar-refractivity contribution >= 4 is 43.0 Å². The molecule has 2 N–H and O–H groups in total. The molecule has 0 amide bonds. The number of anilines is 1. The number of thiophene rings is 1. The third-order valence-corrected chi connectivity index (χ3v) is 6.13. The Balaban J connectivity index is 2.09. The summed E-state index contributed by atoms with van der Waals surface area (Å²) in [7, 11) is -1.76. The number of nitrogens with zero attached hydrogens (tertiary/aromatic N) is 1.